The quantitative estimate of drug-likeness (QED) is 0.868. The number of aryl methyl sites for hydroxylation is 1. The van der Waals surface area contributed by atoms with E-state index in [1.165, 1.54) is 18.2 Å². The van der Waals surface area contributed by atoms with E-state index >= 15 is 0 Å². The Labute approximate surface area is 114 Å². The Morgan fingerprint density at radius 3 is 2.40 bits per heavy atom. The van der Waals surface area contributed by atoms with Crippen LogP contribution in [0.15, 0.2) is 42.5 Å². The molecule has 1 N–H and O–H groups in total. The van der Waals surface area contributed by atoms with E-state index in [2.05, 4.69) is 5.32 Å². The second kappa shape index (κ2) is 5.25. The third kappa shape index (κ3) is 2.91. The molecule has 0 aliphatic rings. The van der Waals surface area contributed by atoms with Crippen molar-refractivity contribution in [1.82, 2.24) is 0 Å². The molecule has 0 aromatic heterocycles. The number of benzene rings is 2. The van der Waals surface area contributed by atoms with E-state index in [0.717, 1.165) is 11.6 Å². The van der Waals surface area contributed by atoms with Gasteiger partial charge in [-0.3, -0.25) is 0 Å². The topological polar surface area (TPSA) is 35.8 Å². The highest BCUT2D eigenvalue weighted by Crippen LogP contribution is 2.36. The van der Waals surface area contributed by atoms with E-state index in [-0.39, 0.29) is 5.69 Å². The molecule has 0 saturated heterocycles. The van der Waals surface area contributed by atoms with Gasteiger partial charge in [0.1, 0.15) is 6.07 Å². The second-order valence-corrected chi connectivity index (χ2v) is 4.33. The first kappa shape index (κ1) is 13.9. The van der Waals surface area contributed by atoms with Crippen molar-refractivity contribution in [2.24, 2.45) is 0 Å². The van der Waals surface area contributed by atoms with Crippen LogP contribution in [0.3, 0.4) is 0 Å². The summed E-state index contributed by atoms with van der Waals surface area (Å²) < 4.78 is 38.7. The van der Waals surface area contributed by atoms with E-state index in [9.17, 15) is 13.2 Å². The van der Waals surface area contributed by atoms with E-state index in [4.69, 9.17) is 5.26 Å². The molecule has 2 rings (SSSR count). The van der Waals surface area contributed by atoms with E-state index in [1.807, 2.05) is 13.0 Å². The fourth-order valence-electron chi connectivity index (χ4n) is 1.84. The summed E-state index contributed by atoms with van der Waals surface area (Å²) >= 11 is 0. The van der Waals surface area contributed by atoms with E-state index in [1.54, 1.807) is 18.2 Å². The minimum atomic E-state index is -4.44. The number of nitrogens with zero attached hydrogens (tertiary/aromatic N) is 1. The molecular weight excluding hydrogens is 265 g/mol. The highest BCUT2D eigenvalue weighted by Gasteiger charge is 2.33. The maximum Gasteiger partial charge on any atom is 0.418 e. The van der Waals surface area contributed by atoms with Crippen molar-refractivity contribution >= 4 is 11.4 Å². The van der Waals surface area contributed by atoms with Crippen molar-refractivity contribution in [2.45, 2.75) is 13.1 Å². The van der Waals surface area contributed by atoms with Gasteiger partial charge in [-0.1, -0.05) is 18.2 Å². The van der Waals surface area contributed by atoms with Crippen molar-refractivity contribution in [1.29, 1.82) is 5.26 Å². The molecule has 2 aromatic carbocycles. The Kier molecular flexibility index (Phi) is 3.66. The molecule has 0 bridgehead atoms. The molecule has 0 atom stereocenters. The molecule has 0 amide bonds. The van der Waals surface area contributed by atoms with Gasteiger partial charge in [0.05, 0.1) is 22.5 Å². The van der Waals surface area contributed by atoms with Crippen LogP contribution in [0.5, 0.6) is 0 Å². The van der Waals surface area contributed by atoms with Crippen LogP contribution in [0.2, 0.25) is 0 Å². The summed E-state index contributed by atoms with van der Waals surface area (Å²) in [7, 11) is 0. The van der Waals surface area contributed by atoms with Gasteiger partial charge in [-0.05, 0) is 36.8 Å². The normalized spacial score (nSPS) is 10.9. The van der Waals surface area contributed by atoms with Crippen LogP contribution in [0, 0.1) is 18.3 Å². The molecule has 0 aliphatic carbocycles. The molecule has 0 aliphatic heterocycles. The fourth-order valence-corrected chi connectivity index (χ4v) is 1.84. The Morgan fingerprint density at radius 2 is 1.75 bits per heavy atom. The summed E-state index contributed by atoms with van der Waals surface area (Å²) in [6.45, 7) is 1.81. The minimum Gasteiger partial charge on any atom is -0.354 e. The molecule has 0 heterocycles. The number of anilines is 2. The first-order chi connectivity index (χ1) is 9.41. The number of rotatable bonds is 2. The number of nitrogens with one attached hydrogen (secondary N) is 1. The molecule has 2 aromatic rings. The Morgan fingerprint density at radius 1 is 1.05 bits per heavy atom. The average Bonchev–Trinajstić information content (AvgIpc) is 2.40. The summed E-state index contributed by atoms with van der Waals surface area (Å²) in [4.78, 5) is 0. The van der Waals surface area contributed by atoms with Crippen LogP contribution in [-0.2, 0) is 6.18 Å². The Hall–Kier alpha value is -2.48. The molecule has 20 heavy (non-hydrogen) atoms. The zero-order valence-electron chi connectivity index (χ0n) is 10.6. The first-order valence-electron chi connectivity index (χ1n) is 5.86. The highest BCUT2D eigenvalue weighted by molar-refractivity contribution is 5.69. The average molecular weight is 276 g/mol. The van der Waals surface area contributed by atoms with Gasteiger partial charge in [0.2, 0.25) is 0 Å². The van der Waals surface area contributed by atoms with Gasteiger partial charge in [0.15, 0.2) is 0 Å². The lowest BCUT2D eigenvalue weighted by atomic mass is 10.1. The number of para-hydroxylation sites is 1. The highest BCUT2D eigenvalue weighted by atomic mass is 19.4. The predicted octanol–water partition coefficient (Wildman–Crippen LogP) is 4.63. The van der Waals surface area contributed by atoms with Gasteiger partial charge >= 0.3 is 6.18 Å². The molecule has 0 radical (unpaired) electrons. The maximum atomic E-state index is 12.9. The molecule has 102 valence electrons. The number of alkyl halides is 3. The first-order valence-corrected chi connectivity index (χ1v) is 5.86. The molecule has 0 fully saturated rings. The van der Waals surface area contributed by atoms with Crippen molar-refractivity contribution < 1.29 is 13.2 Å². The summed E-state index contributed by atoms with van der Waals surface area (Å²) in [6.07, 6.45) is -4.44. The SMILES string of the molecule is Cc1ccc(Nc2ccccc2C(F)(F)F)c(C#N)c1. The lowest BCUT2D eigenvalue weighted by molar-refractivity contribution is -0.136. The van der Waals surface area contributed by atoms with Gasteiger partial charge in [-0.15, -0.1) is 0 Å². The molecule has 5 heteroatoms. The smallest absolute Gasteiger partial charge is 0.354 e. The predicted molar refractivity (Wildman–Crippen MR) is 70.6 cm³/mol. The molecular formula is C15H11F3N2. The zero-order valence-corrected chi connectivity index (χ0v) is 10.6. The monoisotopic (exact) mass is 276 g/mol. The van der Waals surface area contributed by atoms with Crippen LogP contribution < -0.4 is 5.32 Å². The fraction of sp³-hybridized carbons (Fsp3) is 0.133. The van der Waals surface area contributed by atoms with Crippen LogP contribution in [-0.4, -0.2) is 0 Å². The van der Waals surface area contributed by atoms with Crippen LogP contribution >= 0.6 is 0 Å². The molecule has 0 unspecified atom stereocenters. The molecule has 0 saturated carbocycles. The second-order valence-electron chi connectivity index (χ2n) is 4.33. The summed E-state index contributed by atoms with van der Waals surface area (Å²) in [5.41, 5.74) is 0.706. The van der Waals surface area contributed by atoms with Gasteiger partial charge in [0.25, 0.3) is 0 Å². The molecule has 0 spiro atoms. The summed E-state index contributed by atoms with van der Waals surface area (Å²) in [5.74, 6) is 0. The molecule has 2 nitrogen and oxygen atoms in total. The van der Waals surface area contributed by atoms with Crippen LogP contribution in [0.1, 0.15) is 16.7 Å². The lowest BCUT2D eigenvalue weighted by Gasteiger charge is -2.15. The minimum absolute atomic E-state index is 0.0691. The van der Waals surface area contributed by atoms with Gasteiger partial charge < -0.3 is 5.32 Å². The number of halogens is 3. The third-order valence-corrected chi connectivity index (χ3v) is 2.80. The van der Waals surface area contributed by atoms with Crippen LogP contribution in [0.4, 0.5) is 24.5 Å². The van der Waals surface area contributed by atoms with E-state index < -0.39 is 11.7 Å². The van der Waals surface area contributed by atoms with E-state index in [0.29, 0.717) is 11.3 Å². The maximum absolute atomic E-state index is 12.9. The zero-order chi connectivity index (χ0) is 14.8. The Bertz CT molecular complexity index is 670. The van der Waals surface area contributed by atoms with Crippen molar-refractivity contribution in [3.63, 3.8) is 0 Å². The Balaban J connectivity index is 2.44. The standard InChI is InChI=1S/C15H11F3N2/c1-10-6-7-13(11(8-10)9-19)20-14-5-3-2-4-12(14)15(16,17)18/h2-8,20H,1H3. The van der Waals surface area contributed by atoms with Crippen molar-refractivity contribution in [3.8, 4) is 6.07 Å². The third-order valence-electron chi connectivity index (χ3n) is 2.80. The van der Waals surface area contributed by atoms with Crippen LogP contribution in [0.25, 0.3) is 0 Å². The van der Waals surface area contributed by atoms with Crippen molar-refractivity contribution in [2.75, 3.05) is 5.32 Å². The number of hydrogen-bond acceptors (Lipinski definition) is 2. The lowest BCUT2D eigenvalue weighted by Crippen LogP contribution is -2.09. The van der Waals surface area contributed by atoms with Crippen molar-refractivity contribution in [3.05, 3.63) is 59.2 Å². The number of nitriles is 1. The largest absolute Gasteiger partial charge is 0.418 e. The summed E-state index contributed by atoms with van der Waals surface area (Å²) in [5, 5.41) is 11.7. The summed E-state index contributed by atoms with van der Waals surface area (Å²) in [6, 6.07) is 12.1. The number of hydrogen-bond donors (Lipinski definition) is 1. The van der Waals surface area contributed by atoms with Gasteiger partial charge in [-0.25, -0.2) is 0 Å². The van der Waals surface area contributed by atoms with Gasteiger partial charge in [0, 0.05) is 0 Å². The van der Waals surface area contributed by atoms with Gasteiger partial charge in [-0.2, -0.15) is 18.4 Å².